The van der Waals surface area contributed by atoms with E-state index in [9.17, 15) is 4.79 Å². The molecule has 1 saturated carbocycles. The number of nitrogens with one attached hydrogen (secondary N) is 1. The van der Waals surface area contributed by atoms with Crippen LogP contribution in [0.3, 0.4) is 0 Å². The first-order valence-electron chi connectivity index (χ1n) is 7.93. The number of hydrogen-bond acceptors (Lipinski definition) is 3. The summed E-state index contributed by atoms with van der Waals surface area (Å²) < 4.78 is 0. The Bertz CT molecular complexity index is 287. The molecular formula is C15H29N3O. The standard InChI is InChI=1S/C15H29N3O/c1-3-16-14-5-7-15(8-6-14)18-10-4-9-17(11-12-18)13(2)19/h14-16H,3-12H2,1-2H3. The SMILES string of the molecule is CCNC1CCC(N2CCCN(C(C)=O)CC2)CC1. The van der Waals surface area contributed by atoms with Crippen LogP contribution in [-0.2, 0) is 4.79 Å². The van der Waals surface area contributed by atoms with Crippen molar-refractivity contribution in [2.75, 3.05) is 32.7 Å². The van der Waals surface area contributed by atoms with Gasteiger partial charge in [-0.05, 0) is 38.6 Å². The highest BCUT2D eigenvalue weighted by Gasteiger charge is 2.27. The predicted molar refractivity (Wildman–Crippen MR) is 78.2 cm³/mol. The monoisotopic (exact) mass is 267 g/mol. The van der Waals surface area contributed by atoms with E-state index in [1.165, 1.54) is 32.2 Å². The summed E-state index contributed by atoms with van der Waals surface area (Å²) in [4.78, 5) is 16.1. The van der Waals surface area contributed by atoms with Crippen molar-refractivity contribution < 1.29 is 4.79 Å². The Hall–Kier alpha value is -0.610. The second-order valence-corrected chi connectivity index (χ2v) is 5.96. The van der Waals surface area contributed by atoms with Gasteiger partial charge in [-0.1, -0.05) is 6.92 Å². The molecule has 0 aromatic heterocycles. The van der Waals surface area contributed by atoms with Gasteiger partial charge in [0.1, 0.15) is 0 Å². The quantitative estimate of drug-likeness (QED) is 0.841. The highest BCUT2D eigenvalue weighted by atomic mass is 16.2. The third-order valence-electron chi connectivity index (χ3n) is 4.68. The molecule has 1 saturated heterocycles. The number of carbonyl (C=O) groups is 1. The lowest BCUT2D eigenvalue weighted by molar-refractivity contribution is -0.128. The molecule has 2 aliphatic rings. The summed E-state index contributed by atoms with van der Waals surface area (Å²) >= 11 is 0. The number of rotatable bonds is 3. The molecule has 4 heteroatoms. The average molecular weight is 267 g/mol. The van der Waals surface area contributed by atoms with E-state index < -0.39 is 0 Å². The fourth-order valence-corrected chi connectivity index (χ4v) is 3.55. The van der Waals surface area contributed by atoms with Crippen molar-refractivity contribution in [3.8, 4) is 0 Å². The molecule has 0 aromatic rings. The Morgan fingerprint density at radius 2 is 1.84 bits per heavy atom. The summed E-state index contributed by atoms with van der Waals surface area (Å²) in [6.45, 7) is 9.07. The van der Waals surface area contributed by atoms with E-state index in [0.717, 1.165) is 44.7 Å². The van der Waals surface area contributed by atoms with Crippen molar-refractivity contribution in [3.63, 3.8) is 0 Å². The minimum atomic E-state index is 0.234. The van der Waals surface area contributed by atoms with Crippen LogP contribution >= 0.6 is 0 Å². The number of nitrogens with zero attached hydrogens (tertiary/aromatic N) is 2. The van der Waals surface area contributed by atoms with Crippen LogP contribution in [0.2, 0.25) is 0 Å². The molecule has 0 atom stereocenters. The van der Waals surface area contributed by atoms with Crippen LogP contribution in [0.25, 0.3) is 0 Å². The summed E-state index contributed by atoms with van der Waals surface area (Å²) in [7, 11) is 0. The molecule has 1 amide bonds. The van der Waals surface area contributed by atoms with Crippen molar-refractivity contribution >= 4 is 5.91 Å². The van der Waals surface area contributed by atoms with E-state index in [1.54, 1.807) is 6.92 Å². The Labute approximate surface area is 117 Å². The van der Waals surface area contributed by atoms with Crippen molar-refractivity contribution in [3.05, 3.63) is 0 Å². The van der Waals surface area contributed by atoms with Gasteiger partial charge < -0.3 is 10.2 Å². The summed E-state index contributed by atoms with van der Waals surface area (Å²) in [6.07, 6.45) is 6.39. The van der Waals surface area contributed by atoms with Crippen LogP contribution in [0.1, 0.15) is 46.0 Å². The van der Waals surface area contributed by atoms with Crippen LogP contribution < -0.4 is 5.32 Å². The molecule has 0 aromatic carbocycles. The summed E-state index contributed by atoms with van der Waals surface area (Å²) in [5, 5.41) is 3.57. The van der Waals surface area contributed by atoms with Crippen LogP contribution in [-0.4, -0.2) is 60.5 Å². The Morgan fingerprint density at radius 3 is 2.47 bits per heavy atom. The normalized spacial score (nSPS) is 30.1. The number of carbonyl (C=O) groups excluding carboxylic acids is 1. The van der Waals surface area contributed by atoms with E-state index in [1.807, 2.05) is 4.90 Å². The highest BCUT2D eigenvalue weighted by molar-refractivity contribution is 5.73. The zero-order valence-corrected chi connectivity index (χ0v) is 12.5. The number of amides is 1. The van der Waals surface area contributed by atoms with Gasteiger partial charge in [0.15, 0.2) is 0 Å². The maximum Gasteiger partial charge on any atom is 0.219 e. The van der Waals surface area contributed by atoms with Gasteiger partial charge in [0.2, 0.25) is 5.91 Å². The van der Waals surface area contributed by atoms with E-state index >= 15 is 0 Å². The zero-order chi connectivity index (χ0) is 13.7. The van der Waals surface area contributed by atoms with Gasteiger partial charge in [-0.2, -0.15) is 0 Å². The molecule has 0 bridgehead atoms. The zero-order valence-electron chi connectivity index (χ0n) is 12.5. The molecule has 1 aliphatic carbocycles. The molecule has 110 valence electrons. The van der Waals surface area contributed by atoms with Gasteiger partial charge in [-0.25, -0.2) is 0 Å². The number of hydrogen-bond donors (Lipinski definition) is 1. The van der Waals surface area contributed by atoms with Crippen molar-refractivity contribution in [2.45, 2.75) is 58.0 Å². The summed E-state index contributed by atoms with van der Waals surface area (Å²) in [6, 6.07) is 1.49. The average Bonchev–Trinajstić information content (AvgIpc) is 2.66. The lowest BCUT2D eigenvalue weighted by Gasteiger charge is -2.36. The first kappa shape index (κ1) is 14.8. The Balaban J connectivity index is 1.78. The fraction of sp³-hybridized carbons (Fsp3) is 0.933. The second-order valence-electron chi connectivity index (χ2n) is 5.96. The largest absolute Gasteiger partial charge is 0.342 e. The Kier molecular flexibility index (Phi) is 5.64. The Morgan fingerprint density at radius 1 is 1.11 bits per heavy atom. The molecule has 2 rings (SSSR count). The van der Waals surface area contributed by atoms with Crippen LogP contribution in [0.4, 0.5) is 0 Å². The molecule has 19 heavy (non-hydrogen) atoms. The van der Waals surface area contributed by atoms with Crippen molar-refractivity contribution in [2.24, 2.45) is 0 Å². The van der Waals surface area contributed by atoms with E-state index in [4.69, 9.17) is 0 Å². The van der Waals surface area contributed by atoms with Crippen LogP contribution in [0.15, 0.2) is 0 Å². The molecule has 0 unspecified atom stereocenters. The lowest BCUT2D eigenvalue weighted by Crippen LogP contribution is -2.44. The van der Waals surface area contributed by atoms with Crippen LogP contribution in [0.5, 0.6) is 0 Å². The first-order chi connectivity index (χ1) is 9.20. The smallest absolute Gasteiger partial charge is 0.219 e. The van der Waals surface area contributed by atoms with Crippen molar-refractivity contribution in [1.29, 1.82) is 0 Å². The third-order valence-corrected chi connectivity index (χ3v) is 4.68. The summed E-state index contributed by atoms with van der Waals surface area (Å²) in [5.41, 5.74) is 0. The van der Waals surface area contributed by atoms with Crippen LogP contribution in [0, 0.1) is 0 Å². The molecule has 1 N–H and O–H groups in total. The molecule has 4 nitrogen and oxygen atoms in total. The minimum Gasteiger partial charge on any atom is -0.342 e. The van der Waals surface area contributed by atoms with E-state index in [2.05, 4.69) is 17.1 Å². The third kappa shape index (κ3) is 4.18. The van der Waals surface area contributed by atoms with Gasteiger partial charge in [0, 0.05) is 45.2 Å². The highest BCUT2D eigenvalue weighted by Crippen LogP contribution is 2.24. The molecule has 0 spiro atoms. The van der Waals surface area contributed by atoms with Crippen molar-refractivity contribution in [1.82, 2.24) is 15.1 Å². The fourth-order valence-electron chi connectivity index (χ4n) is 3.55. The maximum absolute atomic E-state index is 11.4. The van der Waals surface area contributed by atoms with Gasteiger partial charge in [0.05, 0.1) is 0 Å². The van der Waals surface area contributed by atoms with Gasteiger partial charge in [-0.15, -0.1) is 0 Å². The first-order valence-corrected chi connectivity index (χ1v) is 7.93. The summed E-state index contributed by atoms with van der Waals surface area (Å²) in [5.74, 6) is 0.234. The predicted octanol–water partition coefficient (Wildman–Crippen LogP) is 1.46. The molecule has 1 aliphatic heterocycles. The molecule has 0 radical (unpaired) electrons. The minimum absolute atomic E-state index is 0.234. The van der Waals surface area contributed by atoms with Gasteiger partial charge in [0.25, 0.3) is 0 Å². The topological polar surface area (TPSA) is 35.6 Å². The lowest BCUT2D eigenvalue weighted by atomic mass is 9.90. The van der Waals surface area contributed by atoms with E-state index in [-0.39, 0.29) is 5.91 Å². The maximum atomic E-state index is 11.4. The van der Waals surface area contributed by atoms with Gasteiger partial charge >= 0.3 is 0 Å². The van der Waals surface area contributed by atoms with Gasteiger partial charge in [-0.3, -0.25) is 9.69 Å². The molecule has 2 fully saturated rings. The van der Waals surface area contributed by atoms with E-state index in [0.29, 0.717) is 0 Å². The second kappa shape index (κ2) is 7.25. The molecule has 1 heterocycles. The molecular weight excluding hydrogens is 238 g/mol.